The second-order valence-electron chi connectivity index (χ2n) is 5.01. The molecule has 0 aliphatic heterocycles. The minimum Gasteiger partial charge on any atom is -0.476 e. The van der Waals surface area contributed by atoms with Crippen LogP contribution in [-0.4, -0.2) is 43.7 Å². The number of aromatic carboxylic acids is 1. The smallest absolute Gasteiger partial charge is 0.355 e. The van der Waals surface area contributed by atoms with E-state index in [-0.39, 0.29) is 33.3 Å². The van der Waals surface area contributed by atoms with Gasteiger partial charge in [0.2, 0.25) is 5.91 Å². The summed E-state index contributed by atoms with van der Waals surface area (Å²) in [4.78, 5) is 57.9. The molecule has 28 heavy (non-hydrogen) atoms. The first kappa shape index (κ1) is 19.5. The molecule has 0 atom stereocenters. The van der Waals surface area contributed by atoms with E-state index in [0.717, 1.165) is 34.0 Å². The van der Waals surface area contributed by atoms with Crippen LogP contribution in [0.2, 0.25) is 0 Å². The lowest BCUT2D eigenvalue weighted by molar-refractivity contribution is -0.114. The highest BCUT2D eigenvalue weighted by Gasteiger charge is 2.17. The summed E-state index contributed by atoms with van der Waals surface area (Å²) in [6.07, 6.45) is 0. The Morgan fingerprint density at radius 2 is 1.14 bits per heavy atom. The highest BCUT2D eigenvalue weighted by Crippen LogP contribution is 2.21. The lowest BCUT2D eigenvalue weighted by Crippen LogP contribution is -2.15. The van der Waals surface area contributed by atoms with Crippen LogP contribution in [-0.2, 0) is 4.79 Å². The lowest BCUT2D eigenvalue weighted by Gasteiger charge is -1.99. The van der Waals surface area contributed by atoms with E-state index >= 15 is 0 Å². The topological polar surface area (TPSA) is 163 Å². The number of thiazole rings is 3. The van der Waals surface area contributed by atoms with Crippen LogP contribution < -0.4 is 16.0 Å². The molecule has 144 valence electrons. The summed E-state index contributed by atoms with van der Waals surface area (Å²) >= 11 is 3.10. The van der Waals surface area contributed by atoms with E-state index < -0.39 is 17.8 Å². The molecule has 0 fully saturated rings. The summed E-state index contributed by atoms with van der Waals surface area (Å²) in [6, 6.07) is 0. The molecule has 3 rings (SSSR count). The first-order valence-electron chi connectivity index (χ1n) is 7.32. The minimum atomic E-state index is -1.20. The number of amides is 3. The highest BCUT2D eigenvalue weighted by molar-refractivity contribution is 7.15. The maximum absolute atomic E-state index is 12.2. The zero-order valence-corrected chi connectivity index (χ0v) is 16.3. The predicted octanol–water partition coefficient (Wildman–Crippen LogP) is 2.22. The number of carboxylic acids is 1. The van der Waals surface area contributed by atoms with Crippen LogP contribution in [0.5, 0.6) is 0 Å². The van der Waals surface area contributed by atoms with Gasteiger partial charge in [0.15, 0.2) is 21.1 Å². The van der Waals surface area contributed by atoms with E-state index in [4.69, 9.17) is 5.11 Å². The summed E-state index contributed by atoms with van der Waals surface area (Å²) in [6.45, 7) is 1.33. The van der Waals surface area contributed by atoms with Crippen LogP contribution in [0.15, 0.2) is 16.1 Å². The third kappa shape index (κ3) is 4.73. The molecular weight excluding hydrogens is 428 g/mol. The zero-order valence-electron chi connectivity index (χ0n) is 13.9. The average Bonchev–Trinajstić information content (AvgIpc) is 3.34. The molecule has 3 aromatic heterocycles. The van der Waals surface area contributed by atoms with E-state index in [1.54, 1.807) is 0 Å². The highest BCUT2D eigenvalue weighted by atomic mass is 32.1. The SMILES string of the molecule is CC(=O)Nc1nc(C(=O)Nc2nc(C(=O)Nc3nc(C(=O)O)cs3)cs2)cs1. The van der Waals surface area contributed by atoms with Gasteiger partial charge in [-0.1, -0.05) is 0 Å². The van der Waals surface area contributed by atoms with Crippen LogP contribution in [0, 0.1) is 0 Å². The molecular formula is C14H10N6O5S3. The molecule has 3 heterocycles. The summed E-state index contributed by atoms with van der Waals surface area (Å²) < 4.78 is 0. The first-order chi connectivity index (χ1) is 13.3. The molecule has 0 unspecified atom stereocenters. The number of nitrogens with zero attached hydrogens (tertiary/aromatic N) is 3. The third-order valence-electron chi connectivity index (χ3n) is 2.92. The molecule has 0 bridgehead atoms. The van der Waals surface area contributed by atoms with Crippen molar-refractivity contribution in [1.29, 1.82) is 0 Å². The van der Waals surface area contributed by atoms with E-state index in [0.29, 0.717) is 5.13 Å². The fourth-order valence-electron chi connectivity index (χ4n) is 1.77. The van der Waals surface area contributed by atoms with Gasteiger partial charge in [-0.3, -0.25) is 25.0 Å². The predicted molar refractivity (Wildman–Crippen MR) is 104 cm³/mol. The maximum Gasteiger partial charge on any atom is 0.355 e. The summed E-state index contributed by atoms with van der Waals surface area (Å²) in [5.74, 6) is -2.63. The fourth-order valence-corrected chi connectivity index (χ4v) is 3.88. The molecule has 3 aromatic rings. The Labute approximate surface area is 168 Å². The van der Waals surface area contributed by atoms with Gasteiger partial charge in [-0.2, -0.15) is 0 Å². The third-order valence-corrected chi connectivity index (χ3v) is 5.19. The van der Waals surface area contributed by atoms with Gasteiger partial charge in [-0.25, -0.2) is 19.7 Å². The van der Waals surface area contributed by atoms with Crippen molar-refractivity contribution < 1.29 is 24.3 Å². The summed E-state index contributed by atoms with van der Waals surface area (Å²) in [5, 5.41) is 21.1. The van der Waals surface area contributed by atoms with Crippen molar-refractivity contribution in [2.75, 3.05) is 16.0 Å². The van der Waals surface area contributed by atoms with Crippen LogP contribution >= 0.6 is 34.0 Å². The standard InChI is InChI=1S/C14H10N6O5S3/c1-5(21)15-12-16-6(2-26-12)9(22)19-13-17-7(3-27-13)10(23)20-14-18-8(4-28-14)11(24)25/h2-4H,1H3,(H,24,25)(H,15,16,21)(H,17,19,22)(H,18,20,23). The molecule has 11 nitrogen and oxygen atoms in total. The Hall–Kier alpha value is -3.23. The normalized spacial score (nSPS) is 10.3. The largest absolute Gasteiger partial charge is 0.476 e. The van der Waals surface area contributed by atoms with E-state index in [1.165, 1.54) is 23.1 Å². The first-order valence-corrected chi connectivity index (χ1v) is 9.96. The summed E-state index contributed by atoms with van der Waals surface area (Å²) in [5.41, 5.74) is -0.0445. The van der Waals surface area contributed by atoms with Gasteiger partial charge in [0.25, 0.3) is 11.8 Å². The van der Waals surface area contributed by atoms with Crippen LogP contribution in [0.4, 0.5) is 15.4 Å². The Kier molecular flexibility index (Phi) is 5.72. The Bertz CT molecular complexity index is 1070. The summed E-state index contributed by atoms with van der Waals surface area (Å²) in [7, 11) is 0. The van der Waals surface area contributed by atoms with Gasteiger partial charge in [-0.15, -0.1) is 34.0 Å². The number of carbonyl (C=O) groups is 4. The van der Waals surface area contributed by atoms with Gasteiger partial charge < -0.3 is 10.4 Å². The monoisotopic (exact) mass is 438 g/mol. The van der Waals surface area contributed by atoms with Gasteiger partial charge in [0, 0.05) is 23.1 Å². The number of carboxylic acid groups (broad SMARTS) is 1. The lowest BCUT2D eigenvalue weighted by atomic mass is 10.4. The molecule has 0 spiro atoms. The quantitative estimate of drug-likeness (QED) is 0.455. The van der Waals surface area contributed by atoms with Crippen molar-refractivity contribution in [2.45, 2.75) is 6.92 Å². The number of hydrogen-bond donors (Lipinski definition) is 4. The molecule has 0 aromatic carbocycles. The van der Waals surface area contributed by atoms with E-state index in [2.05, 4.69) is 30.9 Å². The molecule has 0 radical (unpaired) electrons. The molecule has 0 saturated heterocycles. The number of rotatable bonds is 6. The minimum absolute atomic E-state index is 0.0320. The Balaban J connectivity index is 1.62. The zero-order chi connectivity index (χ0) is 20.3. The van der Waals surface area contributed by atoms with Crippen LogP contribution in [0.1, 0.15) is 38.4 Å². The molecule has 3 amide bonds. The fraction of sp³-hybridized carbons (Fsp3) is 0.0714. The Morgan fingerprint density at radius 1 is 0.750 bits per heavy atom. The number of anilines is 3. The van der Waals surface area contributed by atoms with Crippen LogP contribution in [0.3, 0.4) is 0 Å². The number of hydrogen-bond acceptors (Lipinski definition) is 10. The molecule has 14 heteroatoms. The molecule has 0 saturated carbocycles. The van der Waals surface area contributed by atoms with Gasteiger partial charge in [0.1, 0.15) is 11.4 Å². The van der Waals surface area contributed by atoms with Crippen molar-refractivity contribution in [3.63, 3.8) is 0 Å². The van der Waals surface area contributed by atoms with Crippen molar-refractivity contribution in [3.05, 3.63) is 33.2 Å². The van der Waals surface area contributed by atoms with E-state index in [9.17, 15) is 19.2 Å². The second-order valence-corrected chi connectivity index (χ2v) is 7.58. The number of carbonyl (C=O) groups excluding carboxylic acids is 3. The maximum atomic E-state index is 12.2. The van der Waals surface area contributed by atoms with Crippen molar-refractivity contribution in [1.82, 2.24) is 15.0 Å². The van der Waals surface area contributed by atoms with Crippen molar-refractivity contribution >= 4 is 73.1 Å². The number of aromatic nitrogens is 3. The van der Waals surface area contributed by atoms with E-state index in [1.807, 2.05) is 0 Å². The van der Waals surface area contributed by atoms with Crippen molar-refractivity contribution in [3.8, 4) is 0 Å². The average molecular weight is 438 g/mol. The number of nitrogens with one attached hydrogen (secondary N) is 3. The van der Waals surface area contributed by atoms with Gasteiger partial charge in [0.05, 0.1) is 0 Å². The van der Waals surface area contributed by atoms with Gasteiger partial charge >= 0.3 is 5.97 Å². The van der Waals surface area contributed by atoms with Gasteiger partial charge in [-0.05, 0) is 0 Å². The van der Waals surface area contributed by atoms with Crippen LogP contribution in [0.25, 0.3) is 0 Å². The second kappa shape index (κ2) is 8.20. The molecule has 4 N–H and O–H groups in total. The van der Waals surface area contributed by atoms with Crippen molar-refractivity contribution in [2.24, 2.45) is 0 Å². The molecule has 0 aliphatic carbocycles. The Morgan fingerprint density at radius 3 is 1.54 bits per heavy atom. The molecule has 0 aliphatic rings.